The fourth-order valence-corrected chi connectivity index (χ4v) is 10.7. The molecule has 9 aromatic carbocycles. The van der Waals surface area contributed by atoms with Gasteiger partial charge in [-0.1, -0.05) is 170 Å². The molecule has 0 aliphatic heterocycles. The minimum Gasteiger partial charge on any atom is -0.353 e. The van der Waals surface area contributed by atoms with Gasteiger partial charge in [-0.2, -0.15) is 15.0 Å². The molecule has 0 saturated heterocycles. The first-order valence-corrected chi connectivity index (χ1v) is 22.7. The second-order valence-electron chi connectivity index (χ2n) is 17.3. The topological polar surface area (TPSA) is 69.2 Å². The van der Waals surface area contributed by atoms with Crippen LogP contribution in [0.2, 0.25) is 0 Å². The standard InChI is InChI=1S/C60H39N7/c1-2-15-37-16-14-19-41(36-37)65-51-25-11-7-22-44(51)48-34-35-49-45-23-9-13-27-53(45)67(57(49)56(48)65)60-63-58(40-30-28-39(29-31-40)38-17-4-3-5-18-38)62-59(64-60)66-52-26-12-8-21-43(52)47-33-32-46-42-20-6-10-24-50(42)61-54(46)55(47)66/h2-14,16-36,61H,1,15H2. The fraction of sp³-hybridized carbons (Fsp3) is 0.0167. The van der Waals surface area contributed by atoms with Crippen LogP contribution < -0.4 is 0 Å². The van der Waals surface area contributed by atoms with Crippen LogP contribution >= 0.6 is 0 Å². The lowest BCUT2D eigenvalue weighted by atomic mass is 10.0. The second-order valence-corrected chi connectivity index (χ2v) is 17.3. The van der Waals surface area contributed by atoms with Gasteiger partial charge in [0.15, 0.2) is 5.82 Å². The van der Waals surface area contributed by atoms with Crippen LogP contribution in [0, 0.1) is 0 Å². The molecular formula is C60H39N7. The molecular weight excluding hydrogens is 819 g/mol. The highest BCUT2D eigenvalue weighted by Crippen LogP contribution is 2.43. The van der Waals surface area contributed by atoms with Crippen molar-refractivity contribution in [2.24, 2.45) is 0 Å². The minimum atomic E-state index is 0.526. The van der Waals surface area contributed by atoms with E-state index in [9.17, 15) is 0 Å². The lowest BCUT2D eigenvalue weighted by Crippen LogP contribution is -2.11. The molecule has 0 fully saturated rings. The Labute approximate surface area is 384 Å². The highest BCUT2D eigenvalue weighted by molar-refractivity contribution is 6.24. The number of aromatic amines is 1. The van der Waals surface area contributed by atoms with Gasteiger partial charge in [0.25, 0.3) is 0 Å². The lowest BCUT2D eigenvalue weighted by Gasteiger charge is -2.15. The van der Waals surface area contributed by atoms with Gasteiger partial charge in [0, 0.05) is 59.9 Å². The number of rotatable bonds is 7. The number of H-pyrrole nitrogens is 1. The van der Waals surface area contributed by atoms with Crippen LogP contribution in [-0.2, 0) is 6.42 Å². The van der Waals surface area contributed by atoms with E-state index in [2.05, 4.69) is 219 Å². The molecule has 0 aliphatic rings. The van der Waals surface area contributed by atoms with E-state index in [1.54, 1.807) is 0 Å². The predicted molar refractivity (Wildman–Crippen MR) is 277 cm³/mol. The van der Waals surface area contributed by atoms with Gasteiger partial charge in [0.2, 0.25) is 11.9 Å². The van der Waals surface area contributed by atoms with Crippen LogP contribution in [-0.4, -0.2) is 33.6 Å². The van der Waals surface area contributed by atoms with Gasteiger partial charge < -0.3 is 9.55 Å². The van der Waals surface area contributed by atoms with Crippen molar-refractivity contribution in [1.29, 1.82) is 0 Å². The summed E-state index contributed by atoms with van der Waals surface area (Å²) >= 11 is 0. The smallest absolute Gasteiger partial charge is 0.240 e. The highest BCUT2D eigenvalue weighted by Gasteiger charge is 2.25. The van der Waals surface area contributed by atoms with Crippen molar-refractivity contribution in [3.63, 3.8) is 0 Å². The SMILES string of the molecule is C=CCc1cccc(-n2c3ccccc3c3ccc4c5ccccc5n(-c5nc(-c6ccc(-c7ccccc7)cc6)nc(-n6c7ccccc7c7ccc8c9ccccc9[nH]c8c76)n5)c4c32)c1. The monoisotopic (exact) mass is 857 g/mol. The van der Waals surface area contributed by atoms with E-state index in [-0.39, 0.29) is 0 Å². The third-order valence-corrected chi connectivity index (χ3v) is 13.6. The molecule has 67 heavy (non-hydrogen) atoms. The first-order valence-electron chi connectivity index (χ1n) is 22.7. The van der Waals surface area contributed by atoms with Gasteiger partial charge in [-0.3, -0.25) is 9.13 Å². The maximum atomic E-state index is 5.64. The third-order valence-electron chi connectivity index (χ3n) is 13.6. The minimum absolute atomic E-state index is 0.526. The average Bonchev–Trinajstić information content (AvgIpc) is 4.13. The number of hydrogen-bond acceptors (Lipinski definition) is 3. The van der Waals surface area contributed by atoms with E-state index >= 15 is 0 Å². The van der Waals surface area contributed by atoms with E-state index < -0.39 is 0 Å². The van der Waals surface area contributed by atoms with E-state index in [4.69, 9.17) is 15.0 Å². The van der Waals surface area contributed by atoms with Crippen molar-refractivity contribution in [1.82, 2.24) is 33.6 Å². The summed E-state index contributed by atoms with van der Waals surface area (Å²) in [5.74, 6) is 1.63. The summed E-state index contributed by atoms with van der Waals surface area (Å²) in [4.78, 5) is 20.4. The molecule has 0 atom stereocenters. The van der Waals surface area contributed by atoms with Gasteiger partial charge >= 0.3 is 0 Å². The highest BCUT2D eigenvalue weighted by atomic mass is 15.3. The Morgan fingerprint density at radius 3 is 1.57 bits per heavy atom. The molecule has 0 unspecified atom stereocenters. The molecule has 1 N–H and O–H groups in total. The molecule has 7 nitrogen and oxygen atoms in total. The molecule has 0 radical (unpaired) electrons. The molecule has 14 rings (SSSR count). The van der Waals surface area contributed by atoms with Gasteiger partial charge in [-0.25, -0.2) is 0 Å². The quantitative estimate of drug-likeness (QED) is 0.162. The van der Waals surface area contributed by atoms with Gasteiger partial charge in [0.05, 0.1) is 38.6 Å². The zero-order valence-corrected chi connectivity index (χ0v) is 36.2. The maximum Gasteiger partial charge on any atom is 0.240 e. The van der Waals surface area contributed by atoms with Crippen LogP contribution in [0.25, 0.3) is 127 Å². The Morgan fingerprint density at radius 2 is 0.910 bits per heavy atom. The van der Waals surface area contributed by atoms with Crippen molar-refractivity contribution < 1.29 is 0 Å². The van der Waals surface area contributed by atoms with Crippen molar-refractivity contribution >= 4 is 87.2 Å². The Hall–Kier alpha value is -9.07. The van der Waals surface area contributed by atoms with E-state index in [1.165, 1.54) is 16.3 Å². The third kappa shape index (κ3) is 5.55. The van der Waals surface area contributed by atoms with Crippen LogP contribution in [0.1, 0.15) is 5.56 Å². The number of aromatic nitrogens is 7. The number of para-hydroxylation sites is 4. The second kappa shape index (κ2) is 14.5. The number of nitrogens with zero attached hydrogens (tertiary/aromatic N) is 6. The van der Waals surface area contributed by atoms with Crippen LogP contribution in [0.4, 0.5) is 0 Å². The number of nitrogens with one attached hydrogen (secondary N) is 1. The molecule has 14 aromatic rings. The van der Waals surface area contributed by atoms with E-state index in [0.29, 0.717) is 17.7 Å². The molecule has 0 amide bonds. The Morgan fingerprint density at radius 1 is 0.403 bits per heavy atom. The summed E-state index contributed by atoms with van der Waals surface area (Å²) in [5, 5.41) is 9.11. The Bertz CT molecular complexity index is 4320. The molecule has 5 aromatic heterocycles. The summed E-state index contributed by atoms with van der Waals surface area (Å²) in [6, 6.07) is 71.3. The van der Waals surface area contributed by atoms with Crippen LogP contribution in [0.15, 0.2) is 213 Å². The van der Waals surface area contributed by atoms with Crippen LogP contribution in [0.5, 0.6) is 0 Å². The van der Waals surface area contributed by atoms with Gasteiger partial charge in [0.1, 0.15) is 0 Å². The summed E-state index contributed by atoms with van der Waals surface area (Å²) in [7, 11) is 0. The van der Waals surface area contributed by atoms with Crippen molar-refractivity contribution in [2.45, 2.75) is 6.42 Å². The zero-order valence-electron chi connectivity index (χ0n) is 36.2. The summed E-state index contributed by atoms with van der Waals surface area (Å²) in [6.45, 7) is 4.06. The first kappa shape index (κ1) is 37.3. The molecule has 314 valence electrons. The molecule has 7 heteroatoms. The number of allylic oxidation sites excluding steroid dienone is 1. The maximum absolute atomic E-state index is 5.64. The van der Waals surface area contributed by atoms with E-state index in [0.717, 1.165) is 105 Å². The van der Waals surface area contributed by atoms with Crippen molar-refractivity contribution in [3.8, 4) is 40.1 Å². The van der Waals surface area contributed by atoms with Gasteiger partial charge in [-0.05, 0) is 59.5 Å². The summed E-state index contributed by atoms with van der Waals surface area (Å²) in [5.41, 5.74) is 13.8. The largest absolute Gasteiger partial charge is 0.353 e. The molecule has 0 spiro atoms. The average molecular weight is 858 g/mol. The lowest BCUT2D eigenvalue weighted by molar-refractivity contribution is 0.893. The number of fused-ring (bicyclic) bond motifs is 14. The van der Waals surface area contributed by atoms with Crippen molar-refractivity contribution in [2.75, 3.05) is 0 Å². The van der Waals surface area contributed by atoms with Crippen molar-refractivity contribution in [3.05, 3.63) is 218 Å². The van der Waals surface area contributed by atoms with Gasteiger partial charge in [-0.15, -0.1) is 6.58 Å². The zero-order chi connectivity index (χ0) is 44.2. The predicted octanol–water partition coefficient (Wildman–Crippen LogP) is 14.9. The normalized spacial score (nSPS) is 12.0. The first-order chi connectivity index (χ1) is 33.2. The molecule has 0 aliphatic carbocycles. The van der Waals surface area contributed by atoms with Crippen LogP contribution in [0.3, 0.4) is 0 Å². The summed E-state index contributed by atoms with van der Waals surface area (Å²) < 4.78 is 6.93. The Kier molecular flexibility index (Phi) is 8.06. The van der Waals surface area contributed by atoms with E-state index in [1.807, 2.05) is 12.1 Å². The Balaban J connectivity index is 1.13. The molecule has 0 saturated carbocycles. The fourth-order valence-electron chi connectivity index (χ4n) is 10.7. The number of hydrogen-bond donors (Lipinski definition) is 1. The number of benzene rings is 9. The summed E-state index contributed by atoms with van der Waals surface area (Å²) in [6.07, 6.45) is 2.74. The molecule has 5 heterocycles. The molecule has 0 bridgehead atoms.